The summed E-state index contributed by atoms with van der Waals surface area (Å²) in [5.41, 5.74) is 2.86. The van der Waals surface area contributed by atoms with Crippen LogP contribution in [0.1, 0.15) is 37.8 Å². The summed E-state index contributed by atoms with van der Waals surface area (Å²) >= 11 is 0. The van der Waals surface area contributed by atoms with Gasteiger partial charge in [0.15, 0.2) is 0 Å². The molecule has 15 heavy (non-hydrogen) atoms. The highest BCUT2D eigenvalue weighted by Crippen LogP contribution is 2.29. The van der Waals surface area contributed by atoms with Gasteiger partial charge >= 0.3 is 0 Å². The third-order valence-corrected chi connectivity index (χ3v) is 2.79. The summed E-state index contributed by atoms with van der Waals surface area (Å²) in [6.45, 7) is 6.00. The van der Waals surface area contributed by atoms with E-state index in [0.29, 0.717) is 11.7 Å². The van der Waals surface area contributed by atoms with Crippen LogP contribution in [0.2, 0.25) is 0 Å². The van der Waals surface area contributed by atoms with Crippen LogP contribution in [0.5, 0.6) is 0 Å². The van der Waals surface area contributed by atoms with Crippen LogP contribution in [0.25, 0.3) is 0 Å². The Hall–Kier alpha value is -1.11. The maximum Gasteiger partial charge on any atom is 0.132 e. The minimum absolute atomic E-state index is 0.370. The van der Waals surface area contributed by atoms with Crippen LogP contribution in [0, 0.1) is 12.8 Å². The number of carbonyl (C=O) groups is 1. The molecule has 0 amide bonds. The van der Waals surface area contributed by atoms with Crippen molar-refractivity contribution in [2.45, 2.75) is 40.0 Å². The van der Waals surface area contributed by atoms with Gasteiger partial charge in [-0.15, -0.1) is 0 Å². The average molecular weight is 204 g/mol. The highest BCUT2D eigenvalue weighted by molar-refractivity contribution is 5.80. The number of aryl methyl sites for hydroxylation is 2. The molecule has 1 nitrogen and oxygen atoms in total. The Morgan fingerprint density at radius 3 is 2.20 bits per heavy atom. The van der Waals surface area contributed by atoms with Gasteiger partial charge in [-0.25, -0.2) is 0 Å². The van der Waals surface area contributed by atoms with Gasteiger partial charge in [-0.1, -0.05) is 31.2 Å². The van der Waals surface area contributed by atoms with E-state index >= 15 is 0 Å². The highest BCUT2D eigenvalue weighted by atomic mass is 16.1. The summed E-state index contributed by atoms with van der Waals surface area (Å²) in [6, 6.07) is 8.49. The molecule has 0 radical (unpaired) electrons. The molecule has 1 aromatic carbocycles. The molecule has 1 heteroatoms. The van der Waals surface area contributed by atoms with Crippen molar-refractivity contribution in [2.75, 3.05) is 0 Å². The van der Waals surface area contributed by atoms with Crippen molar-refractivity contribution in [1.29, 1.82) is 0 Å². The molecule has 0 aromatic heterocycles. The smallest absolute Gasteiger partial charge is 0.132 e. The Bertz CT molecular complexity index is 324. The largest absolute Gasteiger partial charge is 0.300 e. The first-order valence-corrected chi connectivity index (χ1v) is 5.70. The van der Waals surface area contributed by atoms with E-state index in [-0.39, 0.29) is 0 Å². The molecule has 1 aliphatic carbocycles. The lowest BCUT2D eigenvalue weighted by Gasteiger charge is -1.98. The zero-order chi connectivity index (χ0) is 11.3. The van der Waals surface area contributed by atoms with Gasteiger partial charge in [0.2, 0.25) is 0 Å². The topological polar surface area (TPSA) is 17.1 Å². The molecule has 0 bridgehead atoms. The van der Waals surface area contributed by atoms with E-state index < -0.39 is 0 Å². The van der Waals surface area contributed by atoms with E-state index in [1.165, 1.54) is 11.1 Å². The average Bonchev–Trinajstić information content (AvgIpc) is 3.02. The zero-order valence-corrected chi connectivity index (χ0v) is 9.92. The number of ketones is 1. The summed E-state index contributed by atoms with van der Waals surface area (Å²) in [6.07, 6.45) is 3.44. The van der Waals surface area contributed by atoms with Crippen molar-refractivity contribution >= 4 is 5.78 Å². The fourth-order valence-corrected chi connectivity index (χ4v) is 1.50. The molecule has 0 saturated heterocycles. The number of hydrogen-bond acceptors (Lipinski definition) is 1. The van der Waals surface area contributed by atoms with E-state index in [1.807, 2.05) is 0 Å². The van der Waals surface area contributed by atoms with Crippen molar-refractivity contribution in [2.24, 2.45) is 5.92 Å². The van der Waals surface area contributed by atoms with Crippen LogP contribution in [0.3, 0.4) is 0 Å². The monoisotopic (exact) mass is 204 g/mol. The normalized spacial score (nSPS) is 14.1. The van der Waals surface area contributed by atoms with Crippen molar-refractivity contribution < 1.29 is 4.79 Å². The molecular formula is C14H20O. The number of Topliss-reactive ketones (excluding diaryl/α,β-unsaturated/α-hetero) is 1. The van der Waals surface area contributed by atoms with Crippen LogP contribution in [0.4, 0.5) is 0 Å². The first-order valence-electron chi connectivity index (χ1n) is 5.70. The maximum atomic E-state index is 10.2. The SMILES string of the molecule is CC(=O)C1CC1.CCc1ccccc1C. The van der Waals surface area contributed by atoms with Crippen LogP contribution < -0.4 is 0 Å². The van der Waals surface area contributed by atoms with Gasteiger partial charge in [-0.3, -0.25) is 4.79 Å². The van der Waals surface area contributed by atoms with E-state index in [2.05, 4.69) is 38.1 Å². The van der Waals surface area contributed by atoms with Crippen LogP contribution in [0.15, 0.2) is 24.3 Å². The molecule has 0 unspecified atom stereocenters. The second kappa shape index (κ2) is 5.69. The molecule has 0 spiro atoms. The summed E-state index contributed by atoms with van der Waals surface area (Å²) in [7, 11) is 0. The number of benzene rings is 1. The third kappa shape index (κ3) is 4.28. The third-order valence-electron chi connectivity index (χ3n) is 2.79. The van der Waals surface area contributed by atoms with Gasteiger partial charge < -0.3 is 0 Å². The summed E-state index contributed by atoms with van der Waals surface area (Å²) < 4.78 is 0. The lowest BCUT2D eigenvalue weighted by Crippen LogP contribution is -1.88. The van der Waals surface area contributed by atoms with Crippen molar-refractivity contribution in [3.63, 3.8) is 0 Å². The first-order chi connectivity index (χ1) is 7.15. The maximum absolute atomic E-state index is 10.2. The number of hydrogen-bond donors (Lipinski definition) is 0. The van der Waals surface area contributed by atoms with Crippen LogP contribution >= 0.6 is 0 Å². The van der Waals surface area contributed by atoms with Crippen LogP contribution in [-0.4, -0.2) is 5.78 Å². The Kier molecular flexibility index (Phi) is 4.54. The molecule has 0 atom stereocenters. The van der Waals surface area contributed by atoms with Gasteiger partial charge in [0, 0.05) is 5.92 Å². The lowest BCUT2D eigenvalue weighted by atomic mass is 10.1. The summed E-state index contributed by atoms with van der Waals surface area (Å²) in [4.78, 5) is 10.2. The fourth-order valence-electron chi connectivity index (χ4n) is 1.50. The Morgan fingerprint density at radius 2 is 1.93 bits per heavy atom. The second-order valence-electron chi connectivity index (χ2n) is 4.16. The molecule has 0 aliphatic heterocycles. The quantitative estimate of drug-likeness (QED) is 0.720. The standard InChI is InChI=1S/C9H12.C5H8O/c1-3-9-7-5-4-6-8(9)2;1-4(6)5-2-3-5/h4-7H,3H2,1-2H3;5H,2-3H2,1H3. The molecular weight excluding hydrogens is 184 g/mol. The van der Waals surface area contributed by atoms with E-state index in [0.717, 1.165) is 19.3 Å². The van der Waals surface area contributed by atoms with Crippen LogP contribution in [-0.2, 0) is 11.2 Å². The Balaban J connectivity index is 0.000000162. The number of rotatable bonds is 2. The predicted molar refractivity (Wildman–Crippen MR) is 64.0 cm³/mol. The second-order valence-corrected chi connectivity index (χ2v) is 4.16. The Morgan fingerprint density at radius 1 is 1.33 bits per heavy atom. The zero-order valence-electron chi connectivity index (χ0n) is 9.92. The molecule has 82 valence electrons. The van der Waals surface area contributed by atoms with Gasteiger partial charge in [-0.05, 0) is 44.2 Å². The first kappa shape index (κ1) is 12.0. The van der Waals surface area contributed by atoms with Crippen molar-refractivity contribution in [1.82, 2.24) is 0 Å². The van der Waals surface area contributed by atoms with Gasteiger partial charge in [-0.2, -0.15) is 0 Å². The Labute approximate surface area is 92.5 Å². The molecule has 0 N–H and O–H groups in total. The highest BCUT2D eigenvalue weighted by Gasteiger charge is 2.25. The molecule has 1 aromatic rings. The molecule has 1 aliphatic rings. The summed E-state index contributed by atoms with van der Waals surface area (Å²) in [5.74, 6) is 0.833. The van der Waals surface area contributed by atoms with Gasteiger partial charge in [0.1, 0.15) is 5.78 Å². The number of carbonyl (C=O) groups excluding carboxylic acids is 1. The van der Waals surface area contributed by atoms with Gasteiger partial charge in [0.05, 0.1) is 0 Å². The molecule has 2 rings (SSSR count). The molecule has 1 fully saturated rings. The summed E-state index contributed by atoms with van der Waals surface area (Å²) in [5, 5.41) is 0. The van der Waals surface area contributed by atoms with E-state index in [9.17, 15) is 4.79 Å². The molecule has 0 heterocycles. The lowest BCUT2D eigenvalue weighted by molar-refractivity contribution is -0.118. The van der Waals surface area contributed by atoms with Crippen molar-refractivity contribution in [3.05, 3.63) is 35.4 Å². The van der Waals surface area contributed by atoms with Gasteiger partial charge in [0.25, 0.3) is 0 Å². The molecule has 1 saturated carbocycles. The predicted octanol–water partition coefficient (Wildman–Crippen LogP) is 3.54. The van der Waals surface area contributed by atoms with Crippen molar-refractivity contribution in [3.8, 4) is 0 Å². The minimum atomic E-state index is 0.370. The van der Waals surface area contributed by atoms with E-state index in [1.54, 1.807) is 6.92 Å². The minimum Gasteiger partial charge on any atom is -0.300 e. The fraction of sp³-hybridized carbons (Fsp3) is 0.500. The van der Waals surface area contributed by atoms with E-state index in [4.69, 9.17) is 0 Å².